The Morgan fingerprint density at radius 2 is 1.87 bits per heavy atom. The highest BCUT2D eigenvalue weighted by atomic mass is 19.2. The fourth-order valence-corrected chi connectivity index (χ4v) is 3.35. The second-order valence-electron chi connectivity index (χ2n) is 7.08. The molecule has 4 rings (SSSR count). The average molecular weight is 424 g/mol. The number of carbonyl (C=O) groups is 1. The molecule has 2 aromatic carbocycles. The molecule has 2 amide bonds. The van der Waals surface area contributed by atoms with Crippen molar-refractivity contribution >= 4 is 34.2 Å². The fourth-order valence-electron chi connectivity index (χ4n) is 3.35. The van der Waals surface area contributed by atoms with Crippen LogP contribution in [0.2, 0.25) is 0 Å². The van der Waals surface area contributed by atoms with Crippen molar-refractivity contribution in [3.63, 3.8) is 0 Å². The zero-order valence-corrected chi connectivity index (χ0v) is 17.2. The van der Waals surface area contributed by atoms with Crippen LogP contribution in [-0.4, -0.2) is 34.0 Å². The van der Waals surface area contributed by atoms with E-state index in [1.54, 1.807) is 22.7 Å². The highest BCUT2D eigenvalue weighted by molar-refractivity contribution is 5.90. The van der Waals surface area contributed by atoms with Crippen LogP contribution in [0.25, 0.3) is 27.9 Å². The maximum atomic E-state index is 14.1. The molecule has 0 unspecified atom stereocenters. The van der Waals surface area contributed by atoms with E-state index in [1.165, 1.54) is 7.05 Å². The number of nitrogens with one attached hydrogen (secondary N) is 3. The van der Waals surface area contributed by atoms with Crippen LogP contribution in [0.4, 0.5) is 25.1 Å². The number of fused-ring (bicyclic) bond motifs is 3. The monoisotopic (exact) mass is 424 g/mol. The van der Waals surface area contributed by atoms with E-state index in [9.17, 15) is 13.6 Å². The van der Waals surface area contributed by atoms with Crippen molar-refractivity contribution in [2.45, 2.75) is 19.8 Å². The predicted octanol–water partition coefficient (Wildman–Crippen LogP) is 4.79. The van der Waals surface area contributed by atoms with Crippen LogP contribution in [0.3, 0.4) is 0 Å². The quantitative estimate of drug-likeness (QED) is 0.389. The van der Waals surface area contributed by atoms with E-state index in [0.717, 1.165) is 30.5 Å². The van der Waals surface area contributed by atoms with Crippen molar-refractivity contribution in [1.82, 2.24) is 19.7 Å². The number of halogens is 2. The number of hydrogen-bond donors (Lipinski definition) is 3. The molecule has 0 saturated carbocycles. The summed E-state index contributed by atoms with van der Waals surface area (Å²) < 4.78 is 29.8. The number of amides is 2. The molecule has 0 fully saturated rings. The molecular weight excluding hydrogens is 402 g/mol. The Morgan fingerprint density at radius 3 is 2.58 bits per heavy atom. The number of urea groups is 1. The van der Waals surface area contributed by atoms with Gasteiger partial charge in [0.1, 0.15) is 0 Å². The van der Waals surface area contributed by atoms with Crippen molar-refractivity contribution in [1.29, 1.82) is 0 Å². The standard InChI is InChI=1S/C22H22F2N6O/c1-3-4-9-26-20-21-27-12-19(13-5-7-14(8-6-13)28-22(31)25-2)30(21)18-11-16(24)15(23)10-17(18)29-20/h5-8,10-12H,3-4,9H2,1-2H3,(H,26,29)(H2,25,28,31). The van der Waals surface area contributed by atoms with Crippen molar-refractivity contribution in [3.05, 3.63) is 54.2 Å². The van der Waals surface area contributed by atoms with Gasteiger partial charge < -0.3 is 16.0 Å². The third-order valence-corrected chi connectivity index (χ3v) is 4.95. The highest BCUT2D eigenvalue weighted by Gasteiger charge is 2.17. The Hall–Kier alpha value is -3.75. The second-order valence-corrected chi connectivity index (χ2v) is 7.08. The van der Waals surface area contributed by atoms with Gasteiger partial charge in [0.05, 0.1) is 22.9 Å². The molecule has 7 nitrogen and oxygen atoms in total. The van der Waals surface area contributed by atoms with Gasteiger partial charge in [-0.2, -0.15) is 0 Å². The summed E-state index contributed by atoms with van der Waals surface area (Å²) in [5, 5.41) is 8.44. The third-order valence-electron chi connectivity index (χ3n) is 4.95. The summed E-state index contributed by atoms with van der Waals surface area (Å²) in [5.41, 5.74) is 3.37. The van der Waals surface area contributed by atoms with E-state index < -0.39 is 11.6 Å². The Morgan fingerprint density at radius 1 is 1.13 bits per heavy atom. The van der Waals surface area contributed by atoms with Crippen LogP contribution in [0.5, 0.6) is 0 Å². The summed E-state index contributed by atoms with van der Waals surface area (Å²) >= 11 is 0. The molecule has 0 aliphatic rings. The molecule has 2 heterocycles. The largest absolute Gasteiger partial charge is 0.367 e. The zero-order valence-electron chi connectivity index (χ0n) is 17.2. The number of aromatic nitrogens is 3. The first-order chi connectivity index (χ1) is 15.0. The van der Waals surface area contributed by atoms with Gasteiger partial charge in [-0.15, -0.1) is 0 Å². The molecule has 0 bridgehead atoms. The zero-order chi connectivity index (χ0) is 22.0. The number of benzene rings is 2. The van der Waals surface area contributed by atoms with Crippen LogP contribution < -0.4 is 16.0 Å². The summed E-state index contributed by atoms with van der Waals surface area (Å²) in [6, 6.07) is 9.07. The molecule has 9 heteroatoms. The summed E-state index contributed by atoms with van der Waals surface area (Å²) in [5.74, 6) is -1.40. The molecule has 0 atom stereocenters. The van der Waals surface area contributed by atoms with Crippen LogP contribution in [0.15, 0.2) is 42.6 Å². The van der Waals surface area contributed by atoms with Gasteiger partial charge in [-0.3, -0.25) is 4.40 Å². The lowest BCUT2D eigenvalue weighted by molar-refractivity contribution is 0.254. The molecule has 0 aliphatic carbocycles. The van der Waals surface area contributed by atoms with Gasteiger partial charge >= 0.3 is 6.03 Å². The molecule has 0 saturated heterocycles. The van der Waals surface area contributed by atoms with Gasteiger partial charge in [0.15, 0.2) is 23.1 Å². The average Bonchev–Trinajstić information content (AvgIpc) is 3.21. The minimum absolute atomic E-state index is 0.320. The van der Waals surface area contributed by atoms with Crippen molar-refractivity contribution in [2.75, 3.05) is 24.2 Å². The minimum atomic E-state index is -0.954. The third kappa shape index (κ3) is 3.98. The molecule has 3 N–H and O–H groups in total. The first-order valence-corrected chi connectivity index (χ1v) is 10.0. The van der Waals surface area contributed by atoms with Gasteiger partial charge in [-0.1, -0.05) is 25.5 Å². The van der Waals surface area contributed by atoms with E-state index in [0.29, 0.717) is 40.4 Å². The number of carbonyl (C=O) groups excluding carboxylic acids is 1. The number of unbranched alkanes of at least 4 members (excludes halogenated alkanes) is 1. The van der Waals surface area contributed by atoms with Crippen LogP contribution in [0.1, 0.15) is 19.8 Å². The lowest BCUT2D eigenvalue weighted by atomic mass is 10.1. The fraction of sp³-hybridized carbons (Fsp3) is 0.227. The van der Waals surface area contributed by atoms with Gasteiger partial charge in [0.25, 0.3) is 0 Å². The predicted molar refractivity (Wildman–Crippen MR) is 117 cm³/mol. The number of anilines is 2. The molecular formula is C22H22F2N6O. The summed E-state index contributed by atoms with van der Waals surface area (Å²) in [7, 11) is 1.54. The SMILES string of the molecule is CCCCNc1nc2cc(F)c(F)cc2n2c(-c3ccc(NC(=O)NC)cc3)cnc12. The Balaban J connectivity index is 1.86. The van der Waals surface area contributed by atoms with Crippen LogP contribution >= 0.6 is 0 Å². The van der Waals surface area contributed by atoms with Crippen molar-refractivity contribution in [3.8, 4) is 11.3 Å². The van der Waals surface area contributed by atoms with Crippen molar-refractivity contribution < 1.29 is 13.6 Å². The lowest BCUT2D eigenvalue weighted by Gasteiger charge is -2.12. The summed E-state index contributed by atoms with van der Waals surface area (Å²) in [6.45, 7) is 2.77. The molecule has 0 radical (unpaired) electrons. The molecule has 160 valence electrons. The number of nitrogens with zero attached hydrogens (tertiary/aromatic N) is 3. The minimum Gasteiger partial charge on any atom is -0.367 e. The van der Waals surface area contributed by atoms with Gasteiger partial charge in [0, 0.05) is 37.0 Å². The second kappa shape index (κ2) is 8.55. The Kier molecular flexibility index (Phi) is 5.66. The van der Waals surface area contributed by atoms with E-state index >= 15 is 0 Å². The summed E-state index contributed by atoms with van der Waals surface area (Å²) in [6.07, 6.45) is 3.62. The summed E-state index contributed by atoms with van der Waals surface area (Å²) in [4.78, 5) is 20.5. The topological polar surface area (TPSA) is 83.3 Å². The number of rotatable bonds is 6. The molecule has 0 spiro atoms. The van der Waals surface area contributed by atoms with Gasteiger partial charge in [-0.25, -0.2) is 23.5 Å². The highest BCUT2D eigenvalue weighted by Crippen LogP contribution is 2.30. The van der Waals surface area contributed by atoms with Gasteiger partial charge in [0.2, 0.25) is 0 Å². The van der Waals surface area contributed by atoms with E-state index in [4.69, 9.17) is 0 Å². The van der Waals surface area contributed by atoms with Crippen LogP contribution in [-0.2, 0) is 0 Å². The first-order valence-electron chi connectivity index (χ1n) is 10.0. The van der Waals surface area contributed by atoms with E-state index in [-0.39, 0.29) is 6.03 Å². The van der Waals surface area contributed by atoms with E-state index in [2.05, 4.69) is 32.8 Å². The Bertz CT molecular complexity index is 1250. The number of hydrogen-bond acceptors (Lipinski definition) is 4. The maximum absolute atomic E-state index is 14.1. The first kappa shape index (κ1) is 20.5. The maximum Gasteiger partial charge on any atom is 0.318 e. The Labute approximate surface area is 177 Å². The normalized spacial score (nSPS) is 11.1. The van der Waals surface area contributed by atoms with Crippen LogP contribution in [0, 0.1) is 11.6 Å². The number of imidazole rings is 1. The molecule has 2 aromatic heterocycles. The molecule has 0 aliphatic heterocycles. The van der Waals surface area contributed by atoms with Crippen molar-refractivity contribution in [2.24, 2.45) is 0 Å². The van der Waals surface area contributed by atoms with Gasteiger partial charge in [-0.05, 0) is 18.6 Å². The molecule has 31 heavy (non-hydrogen) atoms. The lowest BCUT2D eigenvalue weighted by Crippen LogP contribution is -2.24. The van der Waals surface area contributed by atoms with E-state index in [1.807, 2.05) is 12.1 Å². The molecule has 4 aromatic rings. The smallest absolute Gasteiger partial charge is 0.318 e.